The largest absolute Gasteiger partial charge is 0.366 e. The van der Waals surface area contributed by atoms with Gasteiger partial charge in [-0.1, -0.05) is 30.3 Å². The number of aromatic nitrogens is 1. The van der Waals surface area contributed by atoms with Gasteiger partial charge in [-0.15, -0.1) is 0 Å². The Bertz CT molecular complexity index is 776. The SMILES string of the molecule is Brc1ccccc1N1CCc2[nH]c3ccccc3c2C1. The van der Waals surface area contributed by atoms with E-state index in [-0.39, 0.29) is 0 Å². The van der Waals surface area contributed by atoms with E-state index in [0.29, 0.717) is 0 Å². The van der Waals surface area contributed by atoms with E-state index in [4.69, 9.17) is 0 Å². The second-order valence-corrected chi connectivity index (χ2v) is 6.10. The highest BCUT2D eigenvalue weighted by atomic mass is 79.9. The number of fused-ring (bicyclic) bond motifs is 3. The summed E-state index contributed by atoms with van der Waals surface area (Å²) in [6.07, 6.45) is 1.07. The van der Waals surface area contributed by atoms with Gasteiger partial charge in [0.1, 0.15) is 0 Å². The van der Waals surface area contributed by atoms with Gasteiger partial charge in [0.15, 0.2) is 0 Å². The van der Waals surface area contributed by atoms with E-state index in [1.54, 1.807) is 0 Å². The van der Waals surface area contributed by atoms with Crippen LogP contribution in [0.3, 0.4) is 0 Å². The monoisotopic (exact) mass is 326 g/mol. The minimum atomic E-state index is 0.974. The number of anilines is 1. The molecule has 0 aliphatic carbocycles. The predicted molar refractivity (Wildman–Crippen MR) is 87.2 cm³/mol. The van der Waals surface area contributed by atoms with E-state index >= 15 is 0 Å². The molecule has 4 rings (SSSR count). The lowest BCUT2D eigenvalue weighted by Gasteiger charge is -2.30. The third-order valence-electron chi connectivity index (χ3n) is 4.08. The summed E-state index contributed by atoms with van der Waals surface area (Å²) in [6, 6.07) is 17.1. The van der Waals surface area contributed by atoms with Crippen LogP contribution in [0.15, 0.2) is 53.0 Å². The van der Waals surface area contributed by atoms with Gasteiger partial charge < -0.3 is 9.88 Å². The first-order chi connectivity index (χ1) is 9.83. The first-order valence-corrected chi connectivity index (χ1v) is 7.70. The van der Waals surface area contributed by atoms with Gasteiger partial charge in [-0.25, -0.2) is 0 Å². The molecule has 1 aliphatic heterocycles. The van der Waals surface area contributed by atoms with Crippen molar-refractivity contribution in [3.63, 3.8) is 0 Å². The highest BCUT2D eigenvalue weighted by molar-refractivity contribution is 9.10. The molecular formula is C17H15BrN2. The summed E-state index contributed by atoms with van der Waals surface area (Å²) in [5.41, 5.74) is 5.38. The van der Waals surface area contributed by atoms with Crippen molar-refractivity contribution in [2.24, 2.45) is 0 Å². The number of halogens is 1. The lowest BCUT2D eigenvalue weighted by molar-refractivity contribution is 0.725. The number of benzene rings is 2. The Balaban J connectivity index is 1.78. The standard InChI is InChI=1S/C17H15BrN2/c18-14-6-2-4-8-17(14)20-10-9-16-13(11-20)12-5-1-3-7-15(12)19-16/h1-8,19H,9-11H2. The molecule has 0 bridgehead atoms. The average Bonchev–Trinajstić information content (AvgIpc) is 2.85. The highest BCUT2D eigenvalue weighted by Crippen LogP contribution is 2.33. The zero-order chi connectivity index (χ0) is 13.5. The smallest absolute Gasteiger partial charge is 0.0513 e. The molecule has 3 heteroatoms. The van der Waals surface area contributed by atoms with Crippen LogP contribution in [0.2, 0.25) is 0 Å². The van der Waals surface area contributed by atoms with E-state index in [1.165, 1.54) is 32.3 Å². The van der Waals surface area contributed by atoms with Crippen LogP contribution in [0.25, 0.3) is 10.9 Å². The molecule has 0 radical (unpaired) electrons. The van der Waals surface area contributed by atoms with Crippen LogP contribution < -0.4 is 4.90 Å². The van der Waals surface area contributed by atoms with Gasteiger partial charge in [0.25, 0.3) is 0 Å². The van der Waals surface area contributed by atoms with Crippen LogP contribution in [-0.4, -0.2) is 11.5 Å². The molecule has 0 atom stereocenters. The Morgan fingerprint density at radius 3 is 2.70 bits per heavy atom. The number of para-hydroxylation sites is 2. The van der Waals surface area contributed by atoms with Crippen LogP contribution in [0.5, 0.6) is 0 Å². The summed E-state index contributed by atoms with van der Waals surface area (Å²) in [7, 11) is 0. The average molecular weight is 327 g/mol. The molecule has 0 unspecified atom stereocenters. The molecule has 1 aliphatic rings. The van der Waals surface area contributed by atoms with Crippen LogP contribution in [0, 0.1) is 0 Å². The maximum atomic E-state index is 3.66. The van der Waals surface area contributed by atoms with Crippen molar-refractivity contribution >= 4 is 32.5 Å². The Kier molecular flexibility index (Phi) is 2.81. The number of aromatic amines is 1. The minimum Gasteiger partial charge on any atom is -0.366 e. The van der Waals surface area contributed by atoms with Gasteiger partial charge in [0, 0.05) is 46.1 Å². The minimum absolute atomic E-state index is 0.974. The maximum absolute atomic E-state index is 3.66. The van der Waals surface area contributed by atoms with E-state index in [9.17, 15) is 0 Å². The number of rotatable bonds is 1. The molecule has 100 valence electrons. The molecule has 2 aromatic carbocycles. The van der Waals surface area contributed by atoms with Gasteiger partial charge in [-0.3, -0.25) is 0 Å². The fourth-order valence-electron chi connectivity index (χ4n) is 3.08. The van der Waals surface area contributed by atoms with Gasteiger partial charge in [-0.05, 0) is 34.1 Å². The number of hydrogen-bond donors (Lipinski definition) is 1. The molecule has 1 N–H and O–H groups in total. The summed E-state index contributed by atoms with van der Waals surface area (Å²) >= 11 is 3.66. The maximum Gasteiger partial charge on any atom is 0.0513 e. The lowest BCUT2D eigenvalue weighted by Crippen LogP contribution is -2.30. The number of hydrogen-bond acceptors (Lipinski definition) is 1. The third kappa shape index (κ3) is 1.85. The summed E-state index contributed by atoms with van der Waals surface area (Å²) < 4.78 is 1.17. The summed E-state index contributed by atoms with van der Waals surface area (Å²) in [5, 5.41) is 1.36. The molecular weight excluding hydrogens is 312 g/mol. The Morgan fingerprint density at radius 1 is 1.00 bits per heavy atom. The van der Waals surface area contributed by atoms with Gasteiger partial charge >= 0.3 is 0 Å². The van der Waals surface area contributed by atoms with Gasteiger partial charge in [-0.2, -0.15) is 0 Å². The van der Waals surface area contributed by atoms with E-state index in [0.717, 1.165) is 19.5 Å². The zero-order valence-corrected chi connectivity index (χ0v) is 12.7. The van der Waals surface area contributed by atoms with Gasteiger partial charge in [0.05, 0.1) is 5.69 Å². The van der Waals surface area contributed by atoms with E-state index < -0.39 is 0 Å². The predicted octanol–water partition coefficient (Wildman–Crippen LogP) is 4.49. The highest BCUT2D eigenvalue weighted by Gasteiger charge is 2.21. The third-order valence-corrected chi connectivity index (χ3v) is 4.75. The van der Waals surface area contributed by atoms with Crippen molar-refractivity contribution in [1.29, 1.82) is 0 Å². The Morgan fingerprint density at radius 2 is 1.80 bits per heavy atom. The quantitative estimate of drug-likeness (QED) is 0.697. The molecule has 0 fully saturated rings. The van der Waals surface area contributed by atoms with Crippen LogP contribution >= 0.6 is 15.9 Å². The Hall–Kier alpha value is -1.74. The summed E-state index contributed by atoms with van der Waals surface area (Å²) in [4.78, 5) is 6.02. The Labute approximate surface area is 126 Å². The molecule has 20 heavy (non-hydrogen) atoms. The summed E-state index contributed by atoms with van der Waals surface area (Å²) in [5.74, 6) is 0. The number of H-pyrrole nitrogens is 1. The molecule has 2 heterocycles. The normalized spacial score (nSPS) is 14.6. The number of nitrogens with one attached hydrogen (secondary N) is 1. The van der Waals surface area contributed by atoms with Crippen LogP contribution in [0.1, 0.15) is 11.3 Å². The molecule has 2 nitrogen and oxygen atoms in total. The molecule has 0 amide bonds. The van der Waals surface area contributed by atoms with Crippen molar-refractivity contribution in [1.82, 2.24) is 4.98 Å². The molecule has 0 saturated carbocycles. The zero-order valence-electron chi connectivity index (χ0n) is 11.1. The fourth-order valence-corrected chi connectivity index (χ4v) is 3.62. The first-order valence-electron chi connectivity index (χ1n) is 6.91. The van der Waals surface area contributed by atoms with Crippen molar-refractivity contribution < 1.29 is 0 Å². The van der Waals surface area contributed by atoms with Crippen molar-refractivity contribution in [3.8, 4) is 0 Å². The lowest BCUT2D eigenvalue weighted by atomic mass is 10.0. The van der Waals surface area contributed by atoms with Crippen molar-refractivity contribution in [3.05, 3.63) is 64.3 Å². The second-order valence-electron chi connectivity index (χ2n) is 5.25. The fraction of sp³-hybridized carbons (Fsp3) is 0.176. The van der Waals surface area contributed by atoms with Crippen molar-refractivity contribution in [2.75, 3.05) is 11.4 Å². The first kappa shape index (κ1) is 12.0. The van der Waals surface area contributed by atoms with E-state index in [2.05, 4.69) is 74.3 Å². The van der Waals surface area contributed by atoms with Crippen molar-refractivity contribution in [2.45, 2.75) is 13.0 Å². The van der Waals surface area contributed by atoms with Gasteiger partial charge in [0.2, 0.25) is 0 Å². The molecule has 0 saturated heterocycles. The summed E-state index contributed by atoms with van der Waals surface area (Å²) in [6.45, 7) is 2.03. The van der Waals surface area contributed by atoms with E-state index in [1.807, 2.05) is 0 Å². The molecule has 1 aromatic heterocycles. The van der Waals surface area contributed by atoms with Crippen LogP contribution in [0.4, 0.5) is 5.69 Å². The second kappa shape index (κ2) is 4.67. The topological polar surface area (TPSA) is 19.0 Å². The molecule has 0 spiro atoms. The molecule has 3 aromatic rings. The van der Waals surface area contributed by atoms with Crippen LogP contribution in [-0.2, 0) is 13.0 Å². The number of nitrogens with zero attached hydrogens (tertiary/aromatic N) is 1.